The predicted molar refractivity (Wildman–Crippen MR) is 79.9 cm³/mol. The van der Waals surface area contributed by atoms with Gasteiger partial charge in [0.1, 0.15) is 0 Å². The lowest BCUT2D eigenvalue weighted by Gasteiger charge is -2.46. The molecule has 0 radical (unpaired) electrons. The SMILES string of the molecule is CC1(c2ccccc2)CC(NCc2noc(C3CC3)n2)C1. The second-order valence-corrected chi connectivity index (χ2v) is 6.74. The molecule has 0 bridgehead atoms. The predicted octanol–water partition coefficient (Wildman–Crippen LogP) is 3.16. The van der Waals surface area contributed by atoms with E-state index in [1.807, 2.05) is 0 Å². The lowest BCUT2D eigenvalue weighted by atomic mass is 9.63. The molecule has 2 aromatic rings. The van der Waals surface area contributed by atoms with E-state index >= 15 is 0 Å². The van der Waals surface area contributed by atoms with E-state index in [2.05, 4.69) is 52.7 Å². The van der Waals surface area contributed by atoms with Crippen molar-refractivity contribution in [3.8, 4) is 0 Å². The van der Waals surface area contributed by atoms with Gasteiger partial charge >= 0.3 is 0 Å². The van der Waals surface area contributed by atoms with Crippen LogP contribution in [0.3, 0.4) is 0 Å². The summed E-state index contributed by atoms with van der Waals surface area (Å²) in [6, 6.07) is 11.3. The minimum absolute atomic E-state index is 0.315. The highest BCUT2D eigenvalue weighted by Crippen LogP contribution is 2.43. The molecule has 0 amide bonds. The highest BCUT2D eigenvalue weighted by molar-refractivity contribution is 5.28. The van der Waals surface area contributed by atoms with E-state index in [1.165, 1.54) is 31.2 Å². The summed E-state index contributed by atoms with van der Waals surface area (Å²) in [5.74, 6) is 2.16. The van der Waals surface area contributed by atoms with Gasteiger partial charge in [-0.05, 0) is 36.7 Å². The van der Waals surface area contributed by atoms with Crippen LogP contribution in [-0.4, -0.2) is 16.2 Å². The van der Waals surface area contributed by atoms with Crippen LogP contribution < -0.4 is 5.32 Å². The Morgan fingerprint density at radius 3 is 2.71 bits per heavy atom. The molecule has 0 unspecified atom stereocenters. The van der Waals surface area contributed by atoms with Gasteiger partial charge in [0, 0.05) is 12.0 Å². The number of aromatic nitrogens is 2. The molecule has 110 valence electrons. The van der Waals surface area contributed by atoms with Gasteiger partial charge in [-0.25, -0.2) is 0 Å². The fourth-order valence-electron chi connectivity index (χ4n) is 3.32. The summed E-state index contributed by atoms with van der Waals surface area (Å²) >= 11 is 0. The van der Waals surface area contributed by atoms with E-state index < -0.39 is 0 Å². The van der Waals surface area contributed by atoms with Gasteiger partial charge in [-0.3, -0.25) is 0 Å². The van der Waals surface area contributed by atoms with E-state index in [9.17, 15) is 0 Å². The Morgan fingerprint density at radius 1 is 1.24 bits per heavy atom. The minimum Gasteiger partial charge on any atom is -0.339 e. The normalized spacial score (nSPS) is 28.3. The number of rotatable bonds is 5. The molecule has 0 saturated heterocycles. The van der Waals surface area contributed by atoms with Crippen molar-refractivity contribution in [1.29, 1.82) is 0 Å². The van der Waals surface area contributed by atoms with Gasteiger partial charge in [-0.2, -0.15) is 4.98 Å². The standard InChI is InChI=1S/C17H21N3O/c1-17(13-5-3-2-4-6-13)9-14(10-17)18-11-15-19-16(21-20-15)12-7-8-12/h2-6,12,14,18H,7-11H2,1H3. The van der Waals surface area contributed by atoms with Crippen molar-refractivity contribution in [2.45, 2.75) is 56.5 Å². The third kappa shape index (κ3) is 2.60. The summed E-state index contributed by atoms with van der Waals surface area (Å²) in [5, 5.41) is 7.60. The van der Waals surface area contributed by atoms with Crippen molar-refractivity contribution in [2.24, 2.45) is 0 Å². The van der Waals surface area contributed by atoms with Gasteiger partial charge in [0.15, 0.2) is 5.82 Å². The van der Waals surface area contributed by atoms with Crippen molar-refractivity contribution in [3.63, 3.8) is 0 Å². The molecule has 1 aromatic heterocycles. The highest BCUT2D eigenvalue weighted by Gasteiger charge is 2.41. The molecule has 0 spiro atoms. The van der Waals surface area contributed by atoms with Gasteiger partial charge < -0.3 is 9.84 Å². The molecule has 0 atom stereocenters. The molecule has 1 N–H and O–H groups in total. The van der Waals surface area contributed by atoms with Gasteiger partial charge in [-0.1, -0.05) is 42.4 Å². The van der Waals surface area contributed by atoms with E-state index in [-0.39, 0.29) is 0 Å². The van der Waals surface area contributed by atoms with E-state index in [1.54, 1.807) is 0 Å². The van der Waals surface area contributed by atoms with Gasteiger partial charge in [-0.15, -0.1) is 0 Å². The van der Waals surface area contributed by atoms with Crippen molar-refractivity contribution in [3.05, 3.63) is 47.6 Å². The monoisotopic (exact) mass is 283 g/mol. The van der Waals surface area contributed by atoms with E-state index in [0.717, 1.165) is 11.7 Å². The number of hydrogen-bond donors (Lipinski definition) is 1. The Bertz CT molecular complexity index is 612. The number of nitrogens with zero attached hydrogens (tertiary/aromatic N) is 2. The molecule has 1 heterocycles. The largest absolute Gasteiger partial charge is 0.339 e. The highest BCUT2D eigenvalue weighted by atomic mass is 16.5. The first-order valence-corrected chi connectivity index (χ1v) is 7.84. The minimum atomic E-state index is 0.315. The van der Waals surface area contributed by atoms with Crippen LogP contribution in [0.25, 0.3) is 0 Å². The van der Waals surface area contributed by atoms with Crippen LogP contribution in [-0.2, 0) is 12.0 Å². The third-order valence-electron chi connectivity index (χ3n) is 4.82. The Morgan fingerprint density at radius 2 is 2.00 bits per heavy atom. The summed E-state index contributed by atoms with van der Waals surface area (Å²) < 4.78 is 5.28. The second-order valence-electron chi connectivity index (χ2n) is 6.74. The Labute approximate surface area is 124 Å². The van der Waals surface area contributed by atoms with Crippen molar-refractivity contribution < 1.29 is 4.52 Å². The van der Waals surface area contributed by atoms with Crippen LogP contribution in [0.5, 0.6) is 0 Å². The van der Waals surface area contributed by atoms with Gasteiger partial charge in [0.05, 0.1) is 6.54 Å². The average molecular weight is 283 g/mol. The van der Waals surface area contributed by atoms with E-state index in [0.29, 0.717) is 23.9 Å². The summed E-state index contributed by atoms with van der Waals surface area (Å²) in [6.45, 7) is 3.06. The van der Waals surface area contributed by atoms with Crippen LogP contribution in [0, 0.1) is 0 Å². The lowest BCUT2D eigenvalue weighted by Crippen LogP contribution is -2.49. The van der Waals surface area contributed by atoms with Crippen LogP contribution >= 0.6 is 0 Å². The molecule has 2 fully saturated rings. The Balaban J connectivity index is 1.30. The maximum absolute atomic E-state index is 5.28. The number of nitrogens with one attached hydrogen (secondary N) is 1. The van der Waals surface area contributed by atoms with Crippen LogP contribution in [0.1, 0.15) is 55.8 Å². The maximum Gasteiger partial charge on any atom is 0.229 e. The molecule has 4 heteroatoms. The molecule has 2 aliphatic carbocycles. The van der Waals surface area contributed by atoms with Crippen molar-refractivity contribution in [1.82, 2.24) is 15.5 Å². The summed E-state index contributed by atoms with van der Waals surface area (Å²) in [4.78, 5) is 4.46. The van der Waals surface area contributed by atoms with Crippen molar-refractivity contribution in [2.75, 3.05) is 0 Å². The molecule has 1 aromatic carbocycles. The van der Waals surface area contributed by atoms with Gasteiger partial charge in [0.2, 0.25) is 5.89 Å². The zero-order valence-electron chi connectivity index (χ0n) is 12.4. The Kier molecular flexibility index (Phi) is 3.07. The van der Waals surface area contributed by atoms with Crippen molar-refractivity contribution >= 4 is 0 Å². The molecule has 2 aliphatic rings. The average Bonchev–Trinajstić information content (AvgIpc) is 3.22. The first-order chi connectivity index (χ1) is 10.2. The summed E-state index contributed by atoms with van der Waals surface area (Å²) in [5.41, 5.74) is 1.76. The Hall–Kier alpha value is -1.68. The molecular formula is C17H21N3O. The fourth-order valence-corrected chi connectivity index (χ4v) is 3.32. The lowest BCUT2D eigenvalue weighted by molar-refractivity contribution is 0.187. The van der Waals surface area contributed by atoms with Crippen LogP contribution in [0.15, 0.2) is 34.9 Å². The molecule has 2 saturated carbocycles. The molecule has 21 heavy (non-hydrogen) atoms. The molecule has 4 rings (SSSR count). The molecular weight excluding hydrogens is 262 g/mol. The summed E-state index contributed by atoms with van der Waals surface area (Å²) in [6.07, 6.45) is 4.74. The van der Waals surface area contributed by atoms with Crippen LogP contribution in [0.4, 0.5) is 0 Å². The van der Waals surface area contributed by atoms with Crippen LogP contribution in [0.2, 0.25) is 0 Å². The topological polar surface area (TPSA) is 51.0 Å². The zero-order valence-corrected chi connectivity index (χ0v) is 12.4. The smallest absolute Gasteiger partial charge is 0.229 e. The molecule has 0 aliphatic heterocycles. The molecule has 4 nitrogen and oxygen atoms in total. The third-order valence-corrected chi connectivity index (χ3v) is 4.82. The second kappa shape index (κ2) is 4.95. The first kappa shape index (κ1) is 13.0. The van der Waals surface area contributed by atoms with Gasteiger partial charge in [0.25, 0.3) is 0 Å². The van der Waals surface area contributed by atoms with E-state index in [4.69, 9.17) is 4.52 Å². The number of benzene rings is 1. The fraction of sp³-hybridized carbons (Fsp3) is 0.529. The quantitative estimate of drug-likeness (QED) is 0.915. The maximum atomic E-state index is 5.28. The summed E-state index contributed by atoms with van der Waals surface area (Å²) in [7, 11) is 0. The first-order valence-electron chi connectivity index (χ1n) is 7.84. The zero-order chi connectivity index (χ0) is 14.3. The number of hydrogen-bond acceptors (Lipinski definition) is 4.